The Balaban J connectivity index is 1.29. The molecule has 2 aromatic carbocycles. The lowest BCUT2D eigenvalue weighted by Gasteiger charge is -2.37. The first kappa shape index (κ1) is 19.3. The van der Waals surface area contributed by atoms with Gasteiger partial charge in [0.1, 0.15) is 5.82 Å². The fourth-order valence-electron chi connectivity index (χ4n) is 3.80. The molecular formula is C23H30N6. The molecule has 0 bridgehead atoms. The first-order chi connectivity index (χ1) is 14.3. The van der Waals surface area contributed by atoms with Crippen molar-refractivity contribution in [1.29, 1.82) is 0 Å². The van der Waals surface area contributed by atoms with Gasteiger partial charge in [0.15, 0.2) is 5.96 Å². The first-order valence-corrected chi connectivity index (χ1v) is 10.6. The number of hydrogen-bond acceptors (Lipinski definition) is 3. The predicted molar refractivity (Wildman–Crippen MR) is 121 cm³/mol. The van der Waals surface area contributed by atoms with Crippen molar-refractivity contribution in [2.75, 3.05) is 44.2 Å². The summed E-state index contributed by atoms with van der Waals surface area (Å²) in [6.07, 6.45) is 1.90. The Bertz CT molecular complexity index is 892. The van der Waals surface area contributed by atoms with Gasteiger partial charge in [-0.05, 0) is 37.6 Å². The molecule has 29 heavy (non-hydrogen) atoms. The standard InChI is InChI=1S/C23H30N6/c1-2-24-23(29-17-15-28(16-18-29)19-9-4-3-5-10-19)25-14-8-13-22-26-20-11-6-7-12-21(20)27-22/h3-7,9-12H,2,8,13-18H2,1H3,(H,24,25)(H,26,27). The molecule has 0 amide bonds. The summed E-state index contributed by atoms with van der Waals surface area (Å²) in [6, 6.07) is 18.8. The van der Waals surface area contributed by atoms with Gasteiger partial charge in [0.2, 0.25) is 0 Å². The van der Waals surface area contributed by atoms with Crippen LogP contribution in [0.3, 0.4) is 0 Å². The second kappa shape index (κ2) is 9.45. The zero-order chi connectivity index (χ0) is 19.9. The molecule has 0 saturated carbocycles. The molecule has 6 nitrogen and oxygen atoms in total. The highest BCUT2D eigenvalue weighted by Gasteiger charge is 2.19. The van der Waals surface area contributed by atoms with Crippen LogP contribution in [0.1, 0.15) is 19.2 Å². The number of rotatable bonds is 6. The number of aryl methyl sites for hydroxylation is 1. The van der Waals surface area contributed by atoms with Crippen molar-refractivity contribution in [2.45, 2.75) is 19.8 Å². The summed E-state index contributed by atoms with van der Waals surface area (Å²) in [5, 5.41) is 3.46. The third-order valence-electron chi connectivity index (χ3n) is 5.31. The molecule has 152 valence electrons. The molecule has 2 heterocycles. The van der Waals surface area contributed by atoms with Crippen molar-refractivity contribution in [3.63, 3.8) is 0 Å². The number of guanidine groups is 1. The third-order valence-corrected chi connectivity index (χ3v) is 5.31. The van der Waals surface area contributed by atoms with Crippen molar-refractivity contribution in [1.82, 2.24) is 20.2 Å². The largest absolute Gasteiger partial charge is 0.368 e. The maximum Gasteiger partial charge on any atom is 0.194 e. The minimum absolute atomic E-state index is 0.804. The van der Waals surface area contributed by atoms with E-state index in [1.165, 1.54) is 5.69 Å². The van der Waals surface area contributed by atoms with Gasteiger partial charge in [-0.1, -0.05) is 30.3 Å². The molecule has 1 aliphatic heterocycles. The van der Waals surface area contributed by atoms with E-state index in [4.69, 9.17) is 4.99 Å². The topological polar surface area (TPSA) is 59.6 Å². The number of para-hydroxylation sites is 3. The summed E-state index contributed by atoms with van der Waals surface area (Å²) >= 11 is 0. The van der Waals surface area contributed by atoms with E-state index in [0.29, 0.717) is 0 Å². The second-order valence-corrected chi connectivity index (χ2v) is 7.35. The van der Waals surface area contributed by atoms with Crippen LogP contribution in [-0.4, -0.2) is 60.1 Å². The maximum atomic E-state index is 4.88. The fourth-order valence-corrected chi connectivity index (χ4v) is 3.80. The molecule has 4 rings (SSSR count). The van der Waals surface area contributed by atoms with E-state index in [1.54, 1.807) is 0 Å². The number of anilines is 1. The van der Waals surface area contributed by atoms with E-state index in [2.05, 4.69) is 68.4 Å². The molecular weight excluding hydrogens is 360 g/mol. The van der Waals surface area contributed by atoms with Crippen LogP contribution in [0.15, 0.2) is 59.6 Å². The van der Waals surface area contributed by atoms with Crippen LogP contribution >= 0.6 is 0 Å². The normalized spacial score (nSPS) is 15.1. The highest BCUT2D eigenvalue weighted by atomic mass is 15.3. The molecule has 0 spiro atoms. The quantitative estimate of drug-likeness (QED) is 0.385. The third kappa shape index (κ3) is 4.88. The zero-order valence-electron chi connectivity index (χ0n) is 17.1. The van der Waals surface area contributed by atoms with Crippen molar-refractivity contribution >= 4 is 22.7 Å². The molecule has 1 aliphatic rings. The summed E-state index contributed by atoms with van der Waals surface area (Å²) < 4.78 is 0. The van der Waals surface area contributed by atoms with Crippen molar-refractivity contribution < 1.29 is 0 Å². The average Bonchev–Trinajstić information content (AvgIpc) is 3.19. The fraction of sp³-hybridized carbons (Fsp3) is 0.391. The van der Waals surface area contributed by atoms with E-state index >= 15 is 0 Å². The maximum absolute atomic E-state index is 4.88. The Morgan fingerprint density at radius 1 is 1.03 bits per heavy atom. The van der Waals surface area contributed by atoms with Gasteiger partial charge >= 0.3 is 0 Å². The van der Waals surface area contributed by atoms with E-state index < -0.39 is 0 Å². The van der Waals surface area contributed by atoms with Crippen LogP contribution in [0, 0.1) is 0 Å². The van der Waals surface area contributed by atoms with Crippen molar-refractivity contribution in [3.05, 3.63) is 60.4 Å². The van der Waals surface area contributed by atoms with Crippen LogP contribution in [-0.2, 0) is 6.42 Å². The number of nitrogens with zero attached hydrogens (tertiary/aromatic N) is 4. The Morgan fingerprint density at radius 2 is 1.79 bits per heavy atom. The number of imidazole rings is 1. The second-order valence-electron chi connectivity index (χ2n) is 7.35. The first-order valence-electron chi connectivity index (χ1n) is 10.6. The monoisotopic (exact) mass is 390 g/mol. The number of piperazine rings is 1. The zero-order valence-corrected chi connectivity index (χ0v) is 17.1. The Labute approximate surface area is 172 Å². The number of nitrogens with one attached hydrogen (secondary N) is 2. The number of hydrogen-bond donors (Lipinski definition) is 2. The molecule has 3 aromatic rings. The average molecular weight is 391 g/mol. The molecule has 1 fully saturated rings. The molecule has 0 atom stereocenters. The molecule has 2 N–H and O–H groups in total. The molecule has 1 saturated heterocycles. The molecule has 0 unspecified atom stereocenters. The number of H-pyrrole nitrogens is 1. The van der Waals surface area contributed by atoms with Gasteiger partial charge in [-0.15, -0.1) is 0 Å². The Kier molecular flexibility index (Phi) is 6.29. The lowest BCUT2D eigenvalue weighted by atomic mass is 10.2. The highest BCUT2D eigenvalue weighted by molar-refractivity contribution is 5.80. The highest BCUT2D eigenvalue weighted by Crippen LogP contribution is 2.16. The number of aliphatic imine (C=N–C) groups is 1. The Hall–Kier alpha value is -3.02. The van der Waals surface area contributed by atoms with Gasteiger partial charge in [0.05, 0.1) is 11.0 Å². The minimum atomic E-state index is 0.804. The van der Waals surface area contributed by atoms with E-state index in [0.717, 1.165) is 74.9 Å². The summed E-state index contributed by atoms with van der Waals surface area (Å²) in [5.41, 5.74) is 3.45. The van der Waals surface area contributed by atoms with Crippen molar-refractivity contribution in [3.8, 4) is 0 Å². The number of benzene rings is 2. The SMILES string of the molecule is CCNC(=NCCCc1nc2ccccc2[nH]1)N1CCN(c2ccccc2)CC1. The summed E-state index contributed by atoms with van der Waals surface area (Å²) in [7, 11) is 0. The Morgan fingerprint density at radius 3 is 2.55 bits per heavy atom. The van der Waals surface area contributed by atoms with Gasteiger partial charge in [-0.25, -0.2) is 4.98 Å². The lowest BCUT2D eigenvalue weighted by Crippen LogP contribution is -2.52. The molecule has 6 heteroatoms. The van der Waals surface area contributed by atoms with E-state index in [-0.39, 0.29) is 0 Å². The van der Waals surface area contributed by atoms with Gasteiger partial charge < -0.3 is 20.1 Å². The molecule has 0 radical (unpaired) electrons. The van der Waals surface area contributed by atoms with Crippen LogP contribution < -0.4 is 10.2 Å². The van der Waals surface area contributed by atoms with Crippen molar-refractivity contribution in [2.24, 2.45) is 4.99 Å². The summed E-state index contributed by atoms with van der Waals surface area (Å²) in [5.74, 6) is 2.08. The van der Waals surface area contributed by atoms with Gasteiger partial charge in [0.25, 0.3) is 0 Å². The number of aromatic amines is 1. The molecule has 0 aliphatic carbocycles. The van der Waals surface area contributed by atoms with Gasteiger partial charge in [-0.2, -0.15) is 0 Å². The number of fused-ring (bicyclic) bond motifs is 1. The van der Waals surface area contributed by atoms with Gasteiger partial charge in [0, 0.05) is 51.4 Å². The summed E-state index contributed by atoms with van der Waals surface area (Å²) in [4.78, 5) is 17.8. The van der Waals surface area contributed by atoms with Crippen LogP contribution in [0.2, 0.25) is 0 Å². The number of aromatic nitrogens is 2. The van der Waals surface area contributed by atoms with E-state index in [1.807, 2.05) is 18.2 Å². The van der Waals surface area contributed by atoms with E-state index in [9.17, 15) is 0 Å². The van der Waals surface area contributed by atoms with Crippen LogP contribution in [0.4, 0.5) is 5.69 Å². The summed E-state index contributed by atoms with van der Waals surface area (Å²) in [6.45, 7) is 7.85. The lowest BCUT2D eigenvalue weighted by molar-refractivity contribution is 0.372. The minimum Gasteiger partial charge on any atom is -0.368 e. The molecule has 1 aromatic heterocycles. The smallest absolute Gasteiger partial charge is 0.194 e. The van der Waals surface area contributed by atoms with Crippen LogP contribution in [0.25, 0.3) is 11.0 Å². The predicted octanol–water partition coefficient (Wildman–Crippen LogP) is 3.28. The van der Waals surface area contributed by atoms with Crippen LogP contribution in [0.5, 0.6) is 0 Å². The van der Waals surface area contributed by atoms with Gasteiger partial charge in [-0.3, -0.25) is 4.99 Å².